The molecule has 0 aliphatic carbocycles. The van der Waals surface area contributed by atoms with E-state index in [0.29, 0.717) is 19.0 Å². The fraction of sp³-hybridized carbons (Fsp3) is 0.333. The van der Waals surface area contributed by atoms with Gasteiger partial charge in [0.05, 0.1) is 25.9 Å². The number of hydrogen-bond donors (Lipinski definition) is 2. The van der Waals surface area contributed by atoms with Crippen molar-refractivity contribution in [1.82, 2.24) is 20.0 Å². The van der Waals surface area contributed by atoms with Crippen molar-refractivity contribution in [2.75, 3.05) is 20.7 Å². The predicted molar refractivity (Wildman–Crippen MR) is 111 cm³/mol. The molecule has 0 saturated carbocycles. The van der Waals surface area contributed by atoms with E-state index in [-0.39, 0.29) is 6.10 Å². The van der Waals surface area contributed by atoms with Crippen LogP contribution >= 0.6 is 0 Å². The van der Waals surface area contributed by atoms with E-state index in [9.17, 15) is 0 Å². The maximum atomic E-state index is 5.96. The Morgan fingerprint density at radius 3 is 2.64 bits per heavy atom. The Kier molecular flexibility index (Phi) is 6.37. The van der Waals surface area contributed by atoms with Crippen molar-refractivity contribution in [2.24, 2.45) is 4.99 Å². The Morgan fingerprint density at radius 2 is 1.93 bits per heavy atom. The van der Waals surface area contributed by atoms with Gasteiger partial charge in [0.15, 0.2) is 17.5 Å². The van der Waals surface area contributed by atoms with Crippen molar-refractivity contribution >= 4 is 11.6 Å². The quantitative estimate of drug-likeness (QED) is 0.486. The van der Waals surface area contributed by atoms with Crippen molar-refractivity contribution in [3.05, 3.63) is 60.0 Å². The van der Waals surface area contributed by atoms with Crippen molar-refractivity contribution in [3.8, 4) is 11.5 Å². The average Bonchev–Trinajstić information content (AvgIpc) is 3.13. The first-order valence-electron chi connectivity index (χ1n) is 9.28. The molecule has 7 heteroatoms. The van der Waals surface area contributed by atoms with Gasteiger partial charge in [0.2, 0.25) is 0 Å². The van der Waals surface area contributed by atoms with Crippen molar-refractivity contribution < 1.29 is 9.47 Å². The molecule has 0 amide bonds. The third kappa shape index (κ3) is 4.73. The molecule has 0 aliphatic heterocycles. The highest BCUT2D eigenvalue weighted by molar-refractivity contribution is 5.79. The maximum absolute atomic E-state index is 5.96. The molecule has 2 aromatic heterocycles. The number of pyridine rings is 1. The number of rotatable bonds is 7. The van der Waals surface area contributed by atoms with E-state index in [0.717, 1.165) is 28.5 Å². The molecule has 0 radical (unpaired) electrons. The minimum atomic E-state index is -0.0623. The van der Waals surface area contributed by atoms with Gasteiger partial charge in [0.25, 0.3) is 0 Å². The van der Waals surface area contributed by atoms with Gasteiger partial charge in [-0.1, -0.05) is 18.2 Å². The van der Waals surface area contributed by atoms with Gasteiger partial charge in [0, 0.05) is 18.9 Å². The van der Waals surface area contributed by atoms with Gasteiger partial charge < -0.3 is 24.5 Å². The molecule has 7 nitrogen and oxygen atoms in total. The van der Waals surface area contributed by atoms with Gasteiger partial charge in [-0.2, -0.15) is 0 Å². The summed E-state index contributed by atoms with van der Waals surface area (Å²) >= 11 is 0. The minimum absolute atomic E-state index is 0.0623. The van der Waals surface area contributed by atoms with Crippen LogP contribution in [0.1, 0.15) is 18.3 Å². The highest BCUT2D eigenvalue weighted by Crippen LogP contribution is 2.26. The molecule has 1 aromatic carbocycles. The lowest BCUT2D eigenvalue weighted by atomic mass is 10.3. The van der Waals surface area contributed by atoms with Crippen LogP contribution in [-0.2, 0) is 6.54 Å². The topological polar surface area (TPSA) is 72.2 Å². The molecule has 148 valence electrons. The number of aromatic nitrogens is 2. The summed E-state index contributed by atoms with van der Waals surface area (Å²) in [5.74, 6) is 2.14. The Bertz CT molecular complexity index is 951. The molecule has 2 N–H and O–H groups in total. The second-order valence-electron chi connectivity index (χ2n) is 6.51. The summed E-state index contributed by atoms with van der Waals surface area (Å²) in [6.45, 7) is 5.25. The van der Waals surface area contributed by atoms with Crippen LogP contribution in [-0.4, -0.2) is 42.2 Å². The average molecular weight is 381 g/mol. The van der Waals surface area contributed by atoms with Crippen LogP contribution < -0.4 is 20.1 Å². The number of aryl methyl sites for hydroxylation is 1. The summed E-state index contributed by atoms with van der Waals surface area (Å²) in [6.07, 6.45) is 1.98. The molecule has 1 unspecified atom stereocenters. The lowest BCUT2D eigenvalue weighted by Crippen LogP contribution is -2.41. The van der Waals surface area contributed by atoms with Crippen LogP contribution in [0.3, 0.4) is 0 Å². The maximum Gasteiger partial charge on any atom is 0.191 e. The highest BCUT2D eigenvalue weighted by Gasteiger charge is 2.10. The zero-order valence-electron chi connectivity index (χ0n) is 16.8. The second-order valence-corrected chi connectivity index (χ2v) is 6.51. The monoisotopic (exact) mass is 381 g/mol. The Balaban J connectivity index is 1.52. The first-order chi connectivity index (χ1) is 13.6. The van der Waals surface area contributed by atoms with Gasteiger partial charge >= 0.3 is 0 Å². The number of ether oxygens (including phenoxy) is 2. The van der Waals surface area contributed by atoms with E-state index in [2.05, 4.69) is 38.0 Å². The standard InChI is InChI=1S/C21H27N5O2/c1-15-8-7-11-20-25-17(14-26(15)20)13-24-21(22-3)23-12-16(2)28-19-10-6-5-9-18(19)27-4/h5-11,14,16H,12-13H2,1-4H3,(H2,22,23,24). The SMILES string of the molecule is CN=C(NCc1cn2c(C)cccc2n1)NCC(C)Oc1ccccc1OC. The number of fused-ring (bicyclic) bond motifs is 1. The van der Waals surface area contributed by atoms with E-state index in [1.54, 1.807) is 14.2 Å². The van der Waals surface area contributed by atoms with Crippen molar-refractivity contribution in [1.29, 1.82) is 0 Å². The Labute approximate surface area is 165 Å². The normalized spacial score (nSPS) is 12.6. The summed E-state index contributed by atoms with van der Waals surface area (Å²) in [6, 6.07) is 13.7. The lowest BCUT2D eigenvalue weighted by Gasteiger charge is -2.18. The van der Waals surface area contributed by atoms with E-state index < -0.39 is 0 Å². The van der Waals surface area contributed by atoms with Crippen LogP contribution in [0.4, 0.5) is 0 Å². The largest absolute Gasteiger partial charge is 0.493 e. The van der Waals surface area contributed by atoms with Gasteiger partial charge in [-0.05, 0) is 38.1 Å². The number of imidazole rings is 1. The summed E-state index contributed by atoms with van der Waals surface area (Å²) < 4.78 is 13.4. The minimum Gasteiger partial charge on any atom is -0.493 e. The summed E-state index contributed by atoms with van der Waals surface area (Å²) in [5.41, 5.74) is 3.05. The molecule has 0 bridgehead atoms. The number of hydrogen-bond acceptors (Lipinski definition) is 4. The van der Waals surface area contributed by atoms with Crippen molar-refractivity contribution in [2.45, 2.75) is 26.5 Å². The van der Waals surface area contributed by atoms with Crippen LogP contribution in [0.5, 0.6) is 11.5 Å². The molecule has 0 aliphatic rings. The molecule has 1 atom stereocenters. The summed E-state index contributed by atoms with van der Waals surface area (Å²) in [4.78, 5) is 8.90. The molecular formula is C21H27N5O2. The number of nitrogens with one attached hydrogen (secondary N) is 2. The van der Waals surface area contributed by atoms with Gasteiger partial charge in [-0.3, -0.25) is 4.99 Å². The zero-order chi connectivity index (χ0) is 19.9. The highest BCUT2D eigenvalue weighted by atomic mass is 16.5. The van der Waals surface area contributed by atoms with Crippen molar-refractivity contribution in [3.63, 3.8) is 0 Å². The van der Waals surface area contributed by atoms with Gasteiger partial charge in [-0.15, -0.1) is 0 Å². The molecular weight excluding hydrogens is 354 g/mol. The molecule has 0 saturated heterocycles. The van der Waals surface area contributed by atoms with Gasteiger partial charge in [-0.25, -0.2) is 4.98 Å². The molecule has 2 heterocycles. The third-order valence-corrected chi connectivity index (χ3v) is 4.36. The number of guanidine groups is 1. The van der Waals surface area contributed by atoms with Crippen LogP contribution in [0, 0.1) is 6.92 Å². The van der Waals surface area contributed by atoms with E-state index in [4.69, 9.17) is 9.47 Å². The molecule has 3 aromatic rings. The van der Waals surface area contributed by atoms with E-state index in [1.807, 2.05) is 49.5 Å². The zero-order valence-corrected chi connectivity index (χ0v) is 16.8. The smallest absolute Gasteiger partial charge is 0.191 e. The first kappa shape index (κ1) is 19.5. The number of benzene rings is 1. The van der Waals surface area contributed by atoms with Crippen LogP contribution in [0.2, 0.25) is 0 Å². The van der Waals surface area contributed by atoms with Crippen LogP contribution in [0.25, 0.3) is 5.65 Å². The number of para-hydroxylation sites is 2. The van der Waals surface area contributed by atoms with Crippen LogP contribution in [0.15, 0.2) is 53.7 Å². The number of aliphatic imine (C=N–C) groups is 1. The molecule has 3 rings (SSSR count). The fourth-order valence-electron chi connectivity index (χ4n) is 2.89. The predicted octanol–water partition coefficient (Wildman–Crippen LogP) is 2.78. The third-order valence-electron chi connectivity index (χ3n) is 4.36. The summed E-state index contributed by atoms with van der Waals surface area (Å²) in [7, 11) is 3.38. The number of methoxy groups -OCH3 is 1. The Hall–Kier alpha value is -3.22. The molecule has 28 heavy (non-hydrogen) atoms. The summed E-state index contributed by atoms with van der Waals surface area (Å²) in [5, 5.41) is 6.57. The first-order valence-corrected chi connectivity index (χ1v) is 9.28. The molecule has 0 spiro atoms. The fourth-order valence-corrected chi connectivity index (χ4v) is 2.89. The van der Waals surface area contributed by atoms with Gasteiger partial charge in [0.1, 0.15) is 11.8 Å². The molecule has 0 fully saturated rings. The number of nitrogens with zero attached hydrogens (tertiary/aromatic N) is 3. The second kappa shape index (κ2) is 9.12. The Morgan fingerprint density at radius 1 is 1.14 bits per heavy atom. The van der Waals surface area contributed by atoms with E-state index >= 15 is 0 Å². The lowest BCUT2D eigenvalue weighted by molar-refractivity contribution is 0.213. The van der Waals surface area contributed by atoms with E-state index in [1.165, 1.54) is 0 Å².